The minimum absolute atomic E-state index is 0.224. The van der Waals surface area contributed by atoms with Crippen LogP contribution >= 0.6 is 15.9 Å². The molecule has 0 radical (unpaired) electrons. The Morgan fingerprint density at radius 2 is 1.95 bits per heavy atom. The minimum atomic E-state index is -0.439. The number of hydrogen-bond acceptors (Lipinski definition) is 4. The van der Waals surface area contributed by atoms with Crippen LogP contribution in [0.4, 0.5) is 4.79 Å². The zero-order valence-corrected chi connectivity index (χ0v) is 13.7. The molecule has 20 heavy (non-hydrogen) atoms. The molecule has 1 saturated heterocycles. The first-order valence-corrected chi connectivity index (χ1v) is 7.61. The van der Waals surface area contributed by atoms with E-state index in [1.165, 1.54) is 0 Å². The van der Waals surface area contributed by atoms with Gasteiger partial charge in [0.15, 0.2) is 0 Å². The van der Waals surface area contributed by atoms with E-state index in [2.05, 4.69) is 26.1 Å². The van der Waals surface area contributed by atoms with Crippen LogP contribution in [0.15, 0.2) is 16.7 Å². The highest BCUT2D eigenvalue weighted by Crippen LogP contribution is 2.27. The summed E-state index contributed by atoms with van der Waals surface area (Å²) >= 11 is 3.28. The zero-order chi connectivity index (χ0) is 14.8. The first-order chi connectivity index (χ1) is 9.35. The number of aromatic nitrogens is 2. The van der Waals surface area contributed by atoms with E-state index >= 15 is 0 Å². The van der Waals surface area contributed by atoms with Crippen molar-refractivity contribution >= 4 is 22.0 Å². The second kappa shape index (κ2) is 6.08. The van der Waals surface area contributed by atoms with Crippen molar-refractivity contribution in [1.82, 2.24) is 15.1 Å². The smallest absolute Gasteiger partial charge is 0.410 e. The maximum Gasteiger partial charge on any atom is 0.410 e. The molecule has 0 bridgehead atoms. The van der Waals surface area contributed by atoms with Crippen LogP contribution in [-0.2, 0) is 4.74 Å². The second-order valence-electron chi connectivity index (χ2n) is 6.02. The molecule has 0 atom stereocenters. The summed E-state index contributed by atoms with van der Waals surface area (Å²) in [7, 11) is 0. The molecule has 0 saturated carbocycles. The van der Waals surface area contributed by atoms with Crippen LogP contribution in [0.3, 0.4) is 0 Å². The molecular formula is C14H20BrN3O2. The SMILES string of the molecule is CC(C)(C)OC(=O)N1CCC(c2ccc(Br)nn2)CC1. The Bertz CT molecular complexity index is 462. The summed E-state index contributed by atoms with van der Waals surface area (Å²) in [5.41, 5.74) is 0.558. The lowest BCUT2D eigenvalue weighted by atomic mass is 9.93. The molecule has 1 amide bonds. The lowest BCUT2D eigenvalue weighted by Crippen LogP contribution is -2.41. The molecule has 6 heteroatoms. The number of nitrogens with zero attached hydrogens (tertiary/aromatic N) is 3. The average molecular weight is 342 g/mol. The molecule has 1 aliphatic rings. The second-order valence-corrected chi connectivity index (χ2v) is 6.84. The van der Waals surface area contributed by atoms with Gasteiger partial charge >= 0.3 is 6.09 Å². The fourth-order valence-corrected chi connectivity index (χ4v) is 2.44. The van der Waals surface area contributed by atoms with Gasteiger partial charge in [-0.1, -0.05) is 0 Å². The summed E-state index contributed by atoms with van der Waals surface area (Å²) in [5, 5.41) is 8.22. The van der Waals surface area contributed by atoms with Crippen molar-refractivity contribution in [3.8, 4) is 0 Å². The molecular weight excluding hydrogens is 322 g/mol. The number of carbonyl (C=O) groups excluding carboxylic acids is 1. The number of likely N-dealkylation sites (tertiary alicyclic amines) is 1. The number of hydrogen-bond donors (Lipinski definition) is 0. The lowest BCUT2D eigenvalue weighted by Gasteiger charge is -2.33. The Balaban J connectivity index is 1.89. The molecule has 1 aliphatic heterocycles. The van der Waals surface area contributed by atoms with Gasteiger partial charge in [0.2, 0.25) is 0 Å². The molecule has 0 aromatic carbocycles. The predicted octanol–water partition coefficient (Wildman–Crippen LogP) is 3.35. The zero-order valence-electron chi connectivity index (χ0n) is 12.1. The Labute approximate surface area is 127 Å². The fraction of sp³-hybridized carbons (Fsp3) is 0.643. The molecule has 2 heterocycles. The normalized spacial score (nSPS) is 17.1. The third kappa shape index (κ3) is 4.16. The van der Waals surface area contributed by atoms with E-state index in [1.807, 2.05) is 32.9 Å². The van der Waals surface area contributed by atoms with Gasteiger partial charge < -0.3 is 9.64 Å². The first-order valence-electron chi connectivity index (χ1n) is 6.82. The Morgan fingerprint density at radius 1 is 1.30 bits per heavy atom. The summed E-state index contributed by atoms with van der Waals surface area (Å²) in [6, 6.07) is 3.90. The Hall–Kier alpha value is -1.17. The van der Waals surface area contributed by atoms with E-state index < -0.39 is 5.60 Å². The minimum Gasteiger partial charge on any atom is -0.444 e. The van der Waals surface area contributed by atoms with Gasteiger partial charge in [-0.3, -0.25) is 0 Å². The van der Waals surface area contributed by atoms with Crippen molar-refractivity contribution in [2.45, 2.75) is 45.1 Å². The maximum absolute atomic E-state index is 12.0. The standard InChI is InChI=1S/C14H20BrN3O2/c1-14(2,3)20-13(19)18-8-6-10(7-9-18)11-4-5-12(15)17-16-11/h4-5,10H,6-9H2,1-3H3. The summed E-state index contributed by atoms with van der Waals surface area (Å²) in [5.74, 6) is 0.370. The number of ether oxygens (including phenoxy) is 1. The quantitative estimate of drug-likeness (QED) is 0.785. The highest BCUT2D eigenvalue weighted by molar-refractivity contribution is 9.10. The third-order valence-electron chi connectivity index (χ3n) is 3.22. The van der Waals surface area contributed by atoms with E-state index in [-0.39, 0.29) is 6.09 Å². The molecule has 0 N–H and O–H groups in total. The van der Waals surface area contributed by atoms with Crippen molar-refractivity contribution in [3.05, 3.63) is 22.4 Å². The van der Waals surface area contributed by atoms with Crippen LogP contribution in [-0.4, -0.2) is 39.9 Å². The largest absolute Gasteiger partial charge is 0.444 e. The molecule has 0 aliphatic carbocycles. The third-order valence-corrected chi connectivity index (χ3v) is 3.64. The maximum atomic E-state index is 12.0. The van der Waals surface area contributed by atoms with Gasteiger partial charge in [-0.2, -0.15) is 5.10 Å². The van der Waals surface area contributed by atoms with E-state index in [4.69, 9.17) is 4.74 Å². The summed E-state index contributed by atoms with van der Waals surface area (Å²) < 4.78 is 6.13. The van der Waals surface area contributed by atoms with Gasteiger partial charge in [-0.25, -0.2) is 4.79 Å². The van der Waals surface area contributed by atoms with Crippen molar-refractivity contribution < 1.29 is 9.53 Å². The van der Waals surface area contributed by atoms with Gasteiger partial charge in [-0.05, 0) is 61.7 Å². The number of carbonyl (C=O) groups is 1. The number of amides is 1. The van der Waals surface area contributed by atoms with Crippen LogP contribution in [0.25, 0.3) is 0 Å². The van der Waals surface area contributed by atoms with Crippen LogP contribution < -0.4 is 0 Å². The van der Waals surface area contributed by atoms with Crippen LogP contribution in [0.1, 0.15) is 45.2 Å². The van der Waals surface area contributed by atoms with Gasteiger partial charge in [-0.15, -0.1) is 5.10 Å². The van der Waals surface area contributed by atoms with Crippen molar-refractivity contribution in [2.75, 3.05) is 13.1 Å². The average Bonchev–Trinajstić information content (AvgIpc) is 2.38. The van der Waals surface area contributed by atoms with Gasteiger partial charge in [0.05, 0.1) is 5.69 Å². The Morgan fingerprint density at radius 3 is 2.45 bits per heavy atom. The predicted molar refractivity (Wildman–Crippen MR) is 79.5 cm³/mol. The van der Waals surface area contributed by atoms with Crippen LogP contribution in [0.2, 0.25) is 0 Å². The molecule has 2 rings (SSSR count). The summed E-state index contributed by atoms with van der Waals surface area (Å²) in [6.07, 6.45) is 1.57. The number of halogens is 1. The van der Waals surface area contributed by atoms with Gasteiger partial charge in [0.1, 0.15) is 10.2 Å². The van der Waals surface area contributed by atoms with Crippen molar-refractivity contribution in [1.29, 1.82) is 0 Å². The number of piperidine rings is 1. The van der Waals surface area contributed by atoms with Gasteiger partial charge in [0.25, 0.3) is 0 Å². The molecule has 5 nitrogen and oxygen atoms in total. The van der Waals surface area contributed by atoms with Gasteiger partial charge in [0, 0.05) is 19.0 Å². The van der Waals surface area contributed by atoms with Crippen LogP contribution in [0.5, 0.6) is 0 Å². The van der Waals surface area contributed by atoms with Crippen molar-refractivity contribution in [3.63, 3.8) is 0 Å². The van der Waals surface area contributed by atoms with E-state index in [9.17, 15) is 4.79 Å². The Kier molecular flexibility index (Phi) is 4.62. The number of rotatable bonds is 1. The van der Waals surface area contributed by atoms with E-state index in [1.54, 1.807) is 4.90 Å². The molecule has 110 valence electrons. The first kappa shape index (κ1) is 15.2. The highest BCUT2D eigenvalue weighted by Gasteiger charge is 2.28. The molecule has 1 aromatic heterocycles. The monoisotopic (exact) mass is 341 g/mol. The van der Waals surface area contributed by atoms with E-state index in [0.29, 0.717) is 19.0 Å². The summed E-state index contributed by atoms with van der Waals surface area (Å²) in [4.78, 5) is 13.7. The molecule has 1 fully saturated rings. The van der Waals surface area contributed by atoms with Crippen molar-refractivity contribution in [2.24, 2.45) is 0 Å². The fourth-order valence-electron chi connectivity index (χ4n) is 2.23. The lowest BCUT2D eigenvalue weighted by molar-refractivity contribution is 0.0204. The molecule has 1 aromatic rings. The topological polar surface area (TPSA) is 55.3 Å². The molecule has 0 spiro atoms. The molecule has 0 unspecified atom stereocenters. The highest BCUT2D eigenvalue weighted by atomic mass is 79.9. The summed E-state index contributed by atoms with van der Waals surface area (Å²) in [6.45, 7) is 7.06. The van der Waals surface area contributed by atoms with Crippen LogP contribution in [0, 0.1) is 0 Å². The van der Waals surface area contributed by atoms with E-state index in [0.717, 1.165) is 23.1 Å².